The predicted octanol–water partition coefficient (Wildman–Crippen LogP) is 3.55. The summed E-state index contributed by atoms with van der Waals surface area (Å²) in [6.07, 6.45) is 1.63. The van der Waals surface area contributed by atoms with Gasteiger partial charge in [0.25, 0.3) is 5.91 Å². The number of fused-ring (bicyclic) bond motifs is 2. The fraction of sp³-hybridized carbons (Fsp3) is 0.182. The van der Waals surface area contributed by atoms with Crippen molar-refractivity contribution in [2.24, 2.45) is 0 Å². The first-order chi connectivity index (χ1) is 14.0. The Labute approximate surface area is 171 Å². The van der Waals surface area contributed by atoms with Crippen molar-refractivity contribution in [3.8, 4) is 5.75 Å². The van der Waals surface area contributed by atoms with Gasteiger partial charge in [0, 0.05) is 11.6 Å². The van der Waals surface area contributed by atoms with E-state index in [2.05, 4.69) is 6.58 Å². The third-order valence-corrected chi connectivity index (χ3v) is 5.05. The van der Waals surface area contributed by atoms with Crippen LogP contribution in [0.2, 0.25) is 5.02 Å². The van der Waals surface area contributed by atoms with Crippen LogP contribution < -0.4 is 10.2 Å². The monoisotopic (exact) mass is 411 g/mol. The summed E-state index contributed by atoms with van der Waals surface area (Å²) >= 11 is 6.06. The molecule has 6 nitrogen and oxygen atoms in total. The molecule has 29 heavy (non-hydrogen) atoms. The summed E-state index contributed by atoms with van der Waals surface area (Å²) in [6.45, 7) is 3.77. The summed E-state index contributed by atoms with van der Waals surface area (Å²) in [4.78, 5) is 27.7. The number of β-amino-alcohol motifs (C(OH)–C–C–N with tert-alkyl or cyclic N) is 1. The number of benzene rings is 2. The van der Waals surface area contributed by atoms with Crippen molar-refractivity contribution in [1.82, 2.24) is 4.90 Å². The molecule has 0 saturated carbocycles. The molecular formula is C22H18ClNO5. The predicted molar refractivity (Wildman–Crippen MR) is 110 cm³/mol. The molecule has 1 aliphatic rings. The molecule has 3 aromatic rings. The van der Waals surface area contributed by atoms with Gasteiger partial charge in [0.1, 0.15) is 17.9 Å². The number of aliphatic hydroxyl groups excluding tert-OH is 1. The average molecular weight is 412 g/mol. The molecule has 2 heterocycles. The molecule has 7 heteroatoms. The summed E-state index contributed by atoms with van der Waals surface area (Å²) < 4.78 is 11.4. The Morgan fingerprint density at radius 2 is 2.07 bits per heavy atom. The lowest BCUT2D eigenvalue weighted by Gasteiger charge is -2.24. The zero-order valence-corrected chi connectivity index (χ0v) is 16.2. The van der Waals surface area contributed by atoms with Crippen molar-refractivity contribution in [1.29, 1.82) is 0 Å². The number of nitrogens with zero attached hydrogens (tertiary/aromatic N) is 1. The molecule has 0 saturated heterocycles. The first kappa shape index (κ1) is 19.2. The van der Waals surface area contributed by atoms with Crippen LogP contribution in [0.25, 0.3) is 11.0 Å². The molecule has 1 aromatic heterocycles. The van der Waals surface area contributed by atoms with Gasteiger partial charge in [-0.15, -0.1) is 0 Å². The second-order valence-electron chi connectivity index (χ2n) is 6.61. The third kappa shape index (κ3) is 3.30. The quantitative estimate of drug-likeness (QED) is 0.627. The van der Waals surface area contributed by atoms with E-state index in [9.17, 15) is 14.7 Å². The van der Waals surface area contributed by atoms with Gasteiger partial charge >= 0.3 is 0 Å². The molecule has 0 radical (unpaired) electrons. The van der Waals surface area contributed by atoms with Crippen LogP contribution in [0.15, 0.2) is 64.3 Å². The molecule has 1 aliphatic heterocycles. The molecule has 0 fully saturated rings. The van der Waals surface area contributed by atoms with Gasteiger partial charge in [0.2, 0.25) is 5.76 Å². The van der Waals surface area contributed by atoms with E-state index in [-0.39, 0.29) is 29.9 Å². The van der Waals surface area contributed by atoms with E-state index in [0.717, 1.165) is 0 Å². The smallest absolute Gasteiger partial charge is 0.290 e. The fourth-order valence-electron chi connectivity index (χ4n) is 3.61. The molecule has 0 aliphatic carbocycles. The van der Waals surface area contributed by atoms with Gasteiger partial charge in [0.15, 0.2) is 5.43 Å². The maximum Gasteiger partial charge on any atom is 0.290 e. The van der Waals surface area contributed by atoms with E-state index >= 15 is 0 Å². The lowest BCUT2D eigenvalue weighted by Crippen LogP contribution is -2.32. The minimum absolute atomic E-state index is 0.0133. The van der Waals surface area contributed by atoms with E-state index in [4.69, 9.17) is 20.8 Å². The first-order valence-electron chi connectivity index (χ1n) is 9.07. The number of halogens is 1. The topological polar surface area (TPSA) is 80.0 Å². The minimum Gasteiger partial charge on any atom is -0.490 e. The normalized spacial score (nSPS) is 15.6. The minimum atomic E-state index is -0.698. The lowest BCUT2D eigenvalue weighted by atomic mass is 9.98. The van der Waals surface area contributed by atoms with E-state index in [1.54, 1.807) is 42.5 Å². The van der Waals surface area contributed by atoms with E-state index < -0.39 is 11.9 Å². The molecule has 148 valence electrons. The van der Waals surface area contributed by atoms with Gasteiger partial charge in [0.05, 0.1) is 23.6 Å². The standard InChI is InChI=1S/C22H18ClNO5/c1-2-10-28-15-5-3-4-13(11-15)19-18-20(26)16-12-14(23)6-7-17(16)29-21(18)22(27)24(19)8-9-25/h2-7,11-12,19,25H,1,8-10H2. The molecule has 0 bridgehead atoms. The highest BCUT2D eigenvalue weighted by Crippen LogP contribution is 2.39. The van der Waals surface area contributed by atoms with Gasteiger partial charge in [-0.2, -0.15) is 0 Å². The largest absolute Gasteiger partial charge is 0.490 e. The van der Waals surface area contributed by atoms with Gasteiger partial charge < -0.3 is 19.2 Å². The number of aliphatic hydroxyl groups is 1. The van der Waals surface area contributed by atoms with Gasteiger partial charge in [-0.05, 0) is 35.9 Å². The highest BCUT2D eigenvalue weighted by molar-refractivity contribution is 6.31. The van der Waals surface area contributed by atoms with Crippen LogP contribution in [0, 0.1) is 0 Å². The Morgan fingerprint density at radius 3 is 2.83 bits per heavy atom. The number of rotatable bonds is 6. The Bertz CT molecular complexity index is 1170. The number of hydrogen-bond acceptors (Lipinski definition) is 5. The second kappa shape index (κ2) is 7.73. The van der Waals surface area contributed by atoms with E-state index in [1.165, 1.54) is 11.0 Å². The maximum absolute atomic E-state index is 13.3. The SMILES string of the molecule is C=CCOc1cccc(C2c3c(oc4ccc(Cl)cc4c3=O)C(=O)N2CCO)c1. The molecular weight excluding hydrogens is 394 g/mol. The molecule has 0 spiro atoms. The number of carbonyl (C=O) groups is 1. The number of carbonyl (C=O) groups excluding carboxylic acids is 1. The highest BCUT2D eigenvalue weighted by atomic mass is 35.5. The van der Waals surface area contributed by atoms with E-state index in [0.29, 0.717) is 33.9 Å². The van der Waals surface area contributed by atoms with Crippen LogP contribution in [0.5, 0.6) is 5.75 Å². The second-order valence-corrected chi connectivity index (χ2v) is 7.05. The summed E-state index contributed by atoms with van der Waals surface area (Å²) in [7, 11) is 0. The molecule has 1 atom stereocenters. The Morgan fingerprint density at radius 1 is 1.24 bits per heavy atom. The number of amides is 1. The third-order valence-electron chi connectivity index (χ3n) is 4.81. The zero-order valence-electron chi connectivity index (χ0n) is 15.4. The molecule has 1 unspecified atom stereocenters. The Kier molecular flexibility index (Phi) is 5.13. The maximum atomic E-state index is 13.3. The van der Waals surface area contributed by atoms with Crippen molar-refractivity contribution in [2.75, 3.05) is 19.8 Å². The van der Waals surface area contributed by atoms with Crippen molar-refractivity contribution >= 4 is 28.5 Å². The summed E-state index contributed by atoms with van der Waals surface area (Å²) in [5, 5.41) is 10.2. The fourth-order valence-corrected chi connectivity index (χ4v) is 3.78. The lowest BCUT2D eigenvalue weighted by molar-refractivity contribution is 0.0691. The van der Waals surface area contributed by atoms with Crippen molar-refractivity contribution in [3.63, 3.8) is 0 Å². The summed E-state index contributed by atoms with van der Waals surface area (Å²) in [5.41, 5.74) is 0.888. The van der Waals surface area contributed by atoms with E-state index in [1.807, 2.05) is 0 Å². The van der Waals surface area contributed by atoms with Gasteiger partial charge in [-0.25, -0.2) is 0 Å². The van der Waals surface area contributed by atoms with Crippen LogP contribution in [0.1, 0.15) is 27.7 Å². The number of hydrogen-bond donors (Lipinski definition) is 1. The number of ether oxygens (including phenoxy) is 1. The van der Waals surface area contributed by atoms with Crippen LogP contribution in [-0.2, 0) is 0 Å². The van der Waals surface area contributed by atoms with Crippen molar-refractivity contribution < 1.29 is 19.1 Å². The average Bonchev–Trinajstić information content (AvgIpc) is 3.00. The van der Waals surface area contributed by atoms with Crippen LogP contribution >= 0.6 is 11.6 Å². The molecule has 4 rings (SSSR count). The highest BCUT2D eigenvalue weighted by Gasteiger charge is 2.42. The Balaban J connectivity index is 1.93. The van der Waals surface area contributed by atoms with Crippen LogP contribution in [-0.4, -0.2) is 35.7 Å². The molecule has 1 amide bonds. The van der Waals surface area contributed by atoms with Gasteiger partial charge in [-0.1, -0.05) is 36.4 Å². The molecule has 2 aromatic carbocycles. The summed E-state index contributed by atoms with van der Waals surface area (Å²) in [6, 6.07) is 11.1. The van der Waals surface area contributed by atoms with Crippen molar-refractivity contribution in [2.45, 2.75) is 6.04 Å². The van der Waals surface area contributed by atoms with Crippen LogP contribution in [0.4, 0.5) is 0 Å². The first-order valence-corrected chi connectivity index (χ1v) is 9.44. The van der Waals surface area contributed by atoms with Crippen LogP contribution in [0.3, 0.4) is 0 Å². The molecule has 1 N–H and O–H groups in total. The van der Waals surface area contributed by atoms with Gasteiger partial charge in [-0.3, -0.25) is 9.59 Å². The summed E-state index contributed by atoms with van der Waals surface area (Å²) in [5.74, 6) is 0.131. The Hall–Kier alpha value is -3.09. The zero-order chi connectivity index (χ0) is 20.5. The van der Waals surface area contributed by atoms with Crippen molar-refractivity contribution in [3.05, 3.63) is 87.3 Å².